The number of anilines is 1. The third-order valence-corrected chi connectivity index (χ3v) is 5.63. The topological polar surface area (TPSA) is 62.3 Å². The molecule has 1 aliphatic heterocycles. The molecule has 3 aromatic rings. The number of fused-ring (bicyclic) bond motifs is 1. The highest BCUT2D eigenvalue weighted by Crippen LogP contribution is 2.23. The summed E-state index contributed by atoms with van der Waals surface area (Å²) in [6, 6.07) is 16.8. The number of hydrogen-bond acceptors (Lipinski definition) is 3. The van der Waals surface area contributed by atoms with Crippen LogP contribution in [0.1, 0.15) is 53.3 Å². The van der Waals surface area contributed by atoms with Crippen molar-refractivity contribution in [3.8, 4) is 0 Å². The number of para-hydroxylation sites is 1. The second-order valence-electron chi connectivity index (χ2n) is 7.47. The second-order valence-corrected chi connectivity index (χ2v) is 7.47. The van der Waals surface area contributed by atoms with E-state index in [-0.39, 0.29) is 11.8 Å². The van der Waals surface area contributed by atoms with E-state index in [4.69, 9.17) is 0 Å². The van der Waals surface area contributed by atoms with E-state index in [1.54, 1.807) is 30.5 Å². The molecule has 1 N–H and O–H groups in total. The van der Waals surface area contributed by atoms with Crippen molar-refractivity contribution < 1.29 is 9.59 Å². The molecule has 5 heteroatoms. The Kier molecular flexibility index (Phi) is 5.56. The Hall–Kier alpha value is -3.21. The van der Waals surface area contributed by atoms with E-state index in [1.807, 2.05) is 35.2 Å². The average Bonchev–Trinajstić information content (AvgIpc) is 2.79. The Bertz CT molecular complexity index is 1020. The number of rotatable bonds is 4. The molecule has 1 fully saturated rings. The Balaban J connectivity index is 1.50. The number of hydrogen-bond donors (Lipinski definition) is 1. The first-order valence-corrected chi connectivity index (χ1v) is 10.2. The molecule has 0 radical (unpaired) electrons. The molecule has 0 aliphatic carbocycles. The molecule has 0 saturated carbocycles. The first kappa shape index (κ1) is 19.1. The van der Waals surface area contributed by atoms with Gasteiger partial charge in [-0.2, -0.15) is 0 Å². The quantitative estimate of drug-likeness (QED) is 0.693. The molecule has 1 unspecified atom stereocenters. The number of likely N-dealkylation sites (tertiary alicyclic amines) is 1. The molecule has 0 bridgehead atoms. The van der Waals surface area contributed by atoms with Crippen LogP contribution in [0.25, 0.3) is 10.9 Å². The van der Waals surface area contributed by atoms with Crippen molar-refractivity contribution in [2.24, 2.45) is 0 Å². The summed E-state index contributed by atoms with van der Waals surface area (Å²) in [4.78, 5) is 32.0. The maximum atomic E-state index is 12.9. The molecule has 2 amide bonds. The summed E-state index contributed by atoms with van der Waals surface area (Å²) in [7, 11) is 0. The van der Waals surface area contributed by atoms with Crippen molar-refractivity contribution in [2.75, 3.05) is 11.9 Å². The molecule has 5 nitrogen and oxygen atoms in total. The molecule has 1 atom stereocenters. The molecule has 2 aromatic carbocycles. The Morgan fingerprint density at radius 3 is 2.59 bits per heavy atom. The SMILES string of the molecule is CCC1CCCCN1C(=O)c1ccc(C(=O)Nc2cccc3cccnc23)cc1. The average molecular weight is 387 g/mol. The van der Waals surface area contributed by atoms with Crippen LogP contribution in [0, 0.1) is 0 Å². The van der Waals surface area contributed by atoms with Gasteiger partial charge in [0.25, 0.3) is 11.8 Å². The van der Waals surface area contributed by atoms with Crippen molar-refractivity contribution in [2.45, 2.75) is 38.6 Å². The zero-order chi connectivity index (χ0) is 20.2. The minimum atomic E-state index is -0.216. The van der Waals surface area contributed by atoms with Crippen LogP contribution in [-0.4, -0.2) is 34.3 Å². The molecule has 29 heavy (non-hydrogen) atoms. The van der Waals surface area contributed by atoms with Gasteiger partial charge >= 0.3 is 0 Å². The molecule has 148 valence electrons. The van der Waals surface area contributed by atoms with Gasteiger partial charge in [0.2, 0.25) is 0 Å². The molecular weight excluding hydrogens is 362 g/mol. The predicted molar refractivity (Wildman–Crippen MR) is 115 cm³/mol. The van der Waals surface area contributed by atoms with E-state index in [9.17, 15) is 9.59 Å². The number of nitrogens with zero attached hydrogens (tertiary/aromatic N) is 2. The normalized spacial score (nSPS) is 16.6. The molecule has 0 spiro atoms. The third-order valence-electron chi connectivity index (χ3n) is 5.63. The van der Waals surface area contributed by atoms with E-state index >= 15 is 0 Å². The Morgan fingerprint density at radius 2 is 1.79 bits per heavy atom. The van der Waals surface area contributed by atoms with Crippen molar-refractivity contribution >= 4 is 28.4 Å². The summed E-state index contributed by atoms with van der Waals surface area (Å²) in [6.45, 7) is 2.94. The van der Waals surface area contributed by atoms with Gasteiger partial charge in [0.15, 0.2) is 0 Å². The smallest absolute Gasteiger partial charge is 0.255 e. The van der Waals surface area contributed by atoms with Gasteiger partial charge in [-0.25, -0.2) is 0 Å². The molecule has 1 aliphatic rings. The van der Waals surface area contributed by atoms with E-state index in [0.717, 1.165) is 36.7 Å². The fourth-order valence-electron chi connectivity index (χ4n) is 4.02. The highest BCUT2D eigenvalue weighted by molar-refractivity contribution is 6.08. The number of pyridine rings is 1. The highest BCUT2D eigenvalue weighted by atomic mass is 16.2. The zero-order valence-electron chi connectivity index (χ0n) is 16.6. The van der Waals surface area contributed by atoms with Gasteiger partial charge in [-0.1, -0.05) is 25.1 Å². The fourth-order valence-corrected chi connectivity index (χ4v) is 4.02. The van der Waals surface area contributed by atoms with E-state index in [1.165, 1.54) is 6.42 Å². The lowest BCUT2D eigenvalue weighted by Crippen LogP contribution is -2.43. The standard InChI is InChI=1S/C24H25N3O2/c1-2-20-9-3-4-16-27(20)24(29)19-13-11-18(12-14-19)23(28)26-21-10-5-7-17-8-6-15-25-22(17)21/h5-8,10-15,20H,2-4,9,16H2,1H3,(H,26,28). The van der Waals surface area contributed by atoms with Gasteiger partial charge in [-0.3, -0.25) is 14.6 Å². The van der Waals surface area contributed by atoms with Crippen LogP contribution in [-0.2, 0) is 0 Å². The summed E-state index contributed by atoms with van der Waals surface area (Å²) in [5.41, 5.74) is 2.58. The monoisotopic (exact) mass is 387 g/mol. The summed E-state index contributed by atoms with van der Waals surface area (Å²) >= 11 is 0. The first-order valence-electron chi connectivity index (χ1n) is 10.2. The number of aromatic nitrogens is 1. The first-order chi connectivity index (χ1) is 14.2. The van der Waals surface area contributed by atoms with Gasteiger partial charge in [-0.15, -0.1) is 0 Å². The third kappa shape index (κ3) is 3.99. The van der Waals surface area contributed by atoms with Crippen molar-refractivity contribution in [3.05, 3.63) is 71.9 Å². The lowest BCUT2D eigenvalue weighted by molar-refractivity contribution is 0.0607. The van der Waals surface area contributed by atoms with E-state index < -0.39 is 0 Å². The van der Waals surface area contributed by atoms with Crippen LogP contribution >= 0.6 is 0 Å². The molecule has 4 rings (SSSR count). The minimum absolute atomic E-state index is 0.0572. The number of nitrogens with one attached hydrogen (secondary N) is 1. The largest absolute Gasteiger partial charge is 0.336 e. The van der Waals surface area contributed by atoms with Gasteiger partial charge in [0.05, 0.1) is 11.2 Å². The lowest BCUT2D eigenvalue weighted by Gasteiger charge is -2.35. The van der Waals surface area contributed by atoms with Crippen molar-refractivity contribution in [1.29, 1.82) is 0 Å². The highest BCUT2D eigenvalue weighted by Gasteiger charge is 2.26. The van der Waals surface area contributed by atoms with Crippen LogP contribution in [0.5, 0.6) is 0 Å². The minimum Gasteiger partial charge on any atom is -0.336 e. The fraction of sp³-hybridized carbons (Fsp3) is 0.292. The Labute approximate surface area is 170 Å². The maximum absolute atomic E-state index is 12.9. The van der Waals surface area contributed by atoms with Crippen molar-refractivity contribution in [1.82, 2.24) is 9.88 Å². The Morgan fingerprint density at radius 1 is 1.03 bits per heavy atom. The predicted octanol–water partition coefficient (Wildman–Crippen LogP) is 4.89. The molecule has 1 saturated heterocycles. The zero-order valence-corrected chi connectivity index (χ0v) is 16.6. The lowest BCUT2D eigenvalue weighted by atomic mass is 9.98. The van der Waals surface area contributed by atoms with Crippen LogP contribution < -0.4 is 5.32 Å². The van der Waals surface area contributed by atoms with Gasteiger partial charge < -0.3 is 10.2 Å². The van der Waals surface area contributed by atoms with Crippen LogP contribution in [0.2, 0.25) is 0 Å². The molecule has 1 aromatic heterocycles. The van der Waals surface area contributed by atoms with E-state index in [2.05, 4.69) is 17.2 Å². The molecular formula is C24H25N3O2. The number of piperidine rings is 1. The summed E-state index contributed by atoms with van der Waals surface area (Å²) < 4.78 is 0. The number of benzene rings is 2. The second kappa shape index (κ2) is 8.43. The van der Waals surface area contributed by atoms with Crippen LogP contribution in [0.15, 0.2) is 60.8 Å². The van der Waals surface area contributed by atoms with Gasteiger partial charge in [-0.05, 0) is 62.1 Å². The number of carbonyl (C=O) groups excluding carboxylic acids is 2. The number of carbonyl (C=O) groups is 2. The summed E-state index contributed by atoms with van der Waals surface area (Å²) in [6.07, 6.45) is 6.00. The summed E-state index contributed by atoms with van der Waals surface area (Å²) in [5.74, 6) is -0.159. The maximum Gasteiger partial charge on any atom is 0.255 e. The molecule has 2 heterocycles. The van der Waals surface area contributed by atoms with Crippen molar-refractivity contribution in [3.63, 3.8) is 0 Å². The summed E-state index contributed by atoms with van der Waals surface area (Å²) in [5, 5.41) is 3.90. The van der Waals surface area contributed by atoms with Gasteiger partial charge in [0.1, 0.15) is 0 Å². The van der Waals surface area contributed by atoms with Crippen LogP contribution in [0.4, 0.5) is 5.69 Å². The van der Waals surface area contributed by atoms with E-state index in [0.29, 0.717) is 22.9 Å². The van der Waals surface area contributed by atoms with Crippen LogP contribution in [0.3, 0.4) is 0 Å². The number of amides is 2. The van der Waals surface area contributed by atoms with Gasteiger partial charge in [0, 0.05) is 35.3 Å².